The molecule has 0 saturated heterocycles. The predicted molar refractivity (Wildman–Crippen MR) is 62.7 cm³/mol. The van der Waals surface area contributed by atoms with Gasteiger partial charge in [0.15, 0.2) is 0 Å². The van der Waals surface area contributed by atoms with Crippen LogP contribution >= 0.6 is 0 Å². The minimum Gasteiger partial charge on any atom is -0.299 e. The van der Waals surface area contributed by atoms with Gasteiger partial charge in [-0.05, 0) is 44.4 Å². The number of Topliss-reactive ketones (excluding diaryl/α,β-unsaturated/α-hetero) is 1. The monoisotopic (exact) mass is 206 g/mol. The molecule has 2 rings (SSSR count). The van der Waals surface area contributed by atoms with Gasteiger partial charge in [0.05, 0.1) is 0 Å². The SMILES string of the molecule is CCC(=O)[C@@H]1CC2=C(C)CCCC2(C)C1. The number of fused-ring (bicyclic) bond motifs is 1. The van der Waals surface area contributed by atoms with Crippen LogP contribution in [0.25, 0.3) is 0 Å². The Kier molecular flexibility index (Phi) is 2.74. The van der Waals surface area contributed by atoms with Crippen molar-refractivity contribution in [3.05, 3.63) is 11.1 Å². The fraction of sp³-hybridized carbons (Fsp3) is 0.786. The van der Waals surface area contributed by atoms with Crippen molar-refractivity contribution < 1.29 is 4.79 Å². The highest BCUT2D eigenvalue weighted by molar-refractivity contribution is 5.81. The first kappa shape index (κ1) is 10.9. The van der Waals surface area contributed by atoms with E-state index in [1.54, 1.807) is 11.1 Å². The highest BCUT2D eigenvalue weighted by atomic mass is 16.1. The number of carbonyl (C=O) groups is 1. The Morgan fingerprint density at radius 3 is 2.87 bits per heavy atom. The van der Waals surface area contributed by atoms with Gasteiger partial charge in [-0.3, -0.25) is 4.79 Å². The van der Waals surface area contributed by atoms with Crippen LogP contribution < -0.4 is 0 Å². The van der Waals surface area contributed by atoms with Crippen LogP contribution in [0.4, 0.5) is 0 Å². The van der Waals surface area contributed by atoms with Crippen molar-refractivity contribution in [1.29, 1.82) is 0 Å². The van der Waals surface area contributed by atoms with Gasteiger partial charge in [-0.2, -0.15) is 0 Å². The zero-order chi connectivity index (χ0) is 11.1. The van der Waals surface area contributed by atoms with Crippen molar-refractivity contribution in [2.75, 3.05) is 0 Å². The second kappa shape index (κ2) is 3.77. The van der Waals surface area contributed by atoms with Crippen LogP contribution in [0.3, 0.4) is 0 Å². The molecule has 0 radical (unpaired) electrons. The highest BCUT2D eigenvalue weighted by Gasteiger charge is 2.43. The van der Waals surface area contributed by atoms with Crippen LogP contribution in [0, 0.1) is 11.3 Å². The number of rotatable bonds is 2. The second-order valence-corrected chi connectivity index (χ2v) is 5.60. The summed E-state index contributed by atoms with van der Waals surface area (Å²) in [5.41, 5.74) is 3.58. The van der Waals surface area contributed by atoms with Gasteiger partial charge in [0, 0.05) is 12.3 Å². The van der Waals surface area contributed by atoms with E-state index < -0.39 is 0 Å². The number of hydrogen-bond acceptors (Lipinski definition) is 1. The largest absolute Gasteiger partial charge is 0.299 e. The Bertz CT molecular complexity index is 313. The summed E-state index contributed by atoms with van der Waals surface area (Å²) in [5, 5.41) is 0. The summed E-state index contributed by atoms with van der Waals surface area (Å²) < 4.78 is 0. The van der Waals surface area contributed by atoms with Crippen LogP contribution in [0.1, 0.15) is 59.3 Å². The lowest BCUT2D eigenvalue weighted by atomic mass is 9.73. The van der Waals surface area contributed by atoms with Crippen LogP contribution in [-0.4, -0.2) is 5.78 Å². The first-order chi connectivity index (χ1) is 7.07. The van der Waals surface area contributed by atoms with Gasteiger partial charge >= 0.3 is 0 Å². The fourth-order valence-corrected chi connectivity index (χ4v) is 3.59. The van der Waals surface area contributed by atoms with E-state index in [9.17, 15) is 4.79 Å². The molecule has 84 valence electrons. The van der Waals surface area contributed by atoms with E-state index in [0.29, 0.717) is 23.5 Å². The highest BCUT2D eigenvalue weighted by Crippen LogP contribution is 2.53. The normalized spacial score (nSPS) is 35.5. The maximum absolute atomic E-state index is 11.8. The molecule has 0 aliphatic heterocycles. The maximum Gasteiger partial charge on any atom is 0.136 e. The Morgan fingerprint density at radius 2 is 2.27 bits per heavy atom. The number of hydrogen-bond donors (Lipinski definition) is 0. The second-order valence-electron chi connectivity index (χ2n) is 5.60. The van der Waals surface area contributed by atoms with Gasteiger partial charge in [0.2, 0.25) is 0 Å². The average Bonchev–Trinajstić information content (AvgIpc) is 2.56. The molecule has 1 heteroatoms. The summed E-state index contributed by atoms with van der Waals surface area (Å²) in [6.45, 7) is 6.63. The third-order valence-corrected chi connectivity index (χ3v) is 4.48. The summed E-state index contributed by atoms with van der Waals surface area (Å²) >= 11 is 0. The van der Waals surface area contributed by atoms with Crippen molar-refractivity contribution in [2.45, 2.75) is 59.3 Å². The lowest BCUT2D eigenvalue weighted by molar-refractivity contribution is -0.122. The van der Waals surface area contributed by atoms with Gasteiger partial charge in [-0.25, -0.2) is 0 Å². The number of carbonyl (C=O) groups excluding carboxylic acids is 1. The average molecular weight is 206 g/mol. The minimum absolute atomic E-state index is 0.336. The molecule has 0 N–H and O–H groups in total. The minimum atomic E-state index is 0.336. The molecule has 1 nitrogen and oxygen atoms in total. The van der Waals surface area contributed by atoms with Crippen molar-refractivity contribution >= 4 is 5.78 Å². The molecule has 0 aromatic heterocycles. The first-order valence-corrected chi connectivity index (χ1v) is 6.28. The quantitative estimate of drug-likeness (QED) is 0.627. The summed E-state index contributed by atoms with van der Waals surface area (Å²) in [7, 11) is 0. The molecule has 2 aliphatic rings. The zero-order valence-electron chi connectivity index (χ0n) is 10.2. The molecule has 0 amide bonds. The summed E-state index contributed by atoms with van der Waals surface area (Å²) in [5.74, 6) is 0.814. The Morgan fingerprint density at radius 1 is 1.53 bits per heavy atom. The van der Waals surface area contributed by atoms with Crippen molar-refractivity contribution in [3.63, 3.8) is 0 Å². The van der Waals surface area contributed by atoms with Crippen molar-refractivity contribution in [2.24, 2.45) is 11.3 Å². The van der Waals surface area contributed by atoms with Crippen LogP contribution in [0.2, 0.25) is 0 Å². The molecule has 0 bridgehead atoms. The van der Waals surface area contributed by atoms with Crippen molar-refractivity contribution in [3.8, 4) is 0 Å². The van der Waals surface area contributed by atoms with E-state index in [0.717, 1.165) is 12.8 Å². The molecule has 0 spiro atoms. The fourth-order valence-electron chi connectivity index (χ4n) is 3.59. The van der Waals surface area contributed by atoms with Crippen LogP contribution in [0.5, 0.6) is 0 Å². The van der Waals surface area contributed by atoms with E-state index >= 15 is 0 Å². The molecule has 0 aromatic rings. The molecular formula is C14H22O. The van der Waals surface area contributed by atoms with Crippen molar-refractivity contribution in [1.82, 2.24) is 0 Å². The topological polar surface area (TPSA) is 17.1 Å². The Hall–Kier alpha value is -0.590. The smallest absolute Gasteiger partial charge is 0.136 e. The lowest BCUT2D eigenvalue weighted by Gasteiger charge is -2.32. The Balaban J connectivity index is 2.24. The zero-order valence-corrected chi connectivity index (χ0v) is 10.2. The van der Waals surface area contributed by atoms with Gasteiger partial charge in [0.25, 0.3) is 0 Å². The molecule has 15 heavy (non-hydrogen) atoms. The van der Waals surface area contributed by atoms with Gasteiger partial charge < -0.3 is 0 Å². The predicted octanol–water partition coefficient (Wildman–Crippen LogP) is 3.88. The molecule has 1 unspecified atom stereocenters. The molecular weight excluding hydrogens is 184 g/mol. The standard InChI is InChI=1S/C14H22O/c1-4-13(15)11-8-12-10(2)6-5-7-14(12,3)9-11/h11H,4-9H2,1-3H3/t11-,14?/m1/s1. The van der Waals surface area contributed by atoms with E-state index in [1.807, 2.05) is 6.92 Å². The summed E-state index contributed by atoms with van der Waals surface area (Å²) in [6, 6.07) is 0. The Labute approximate surface area is 92.9 Å². The lowest BCUT2D eigenvalue weighted by Crippen LogP contribution is -2.19. The van der Waals surface area contributed by atoms with E-state index in [2.05, 4.69) is 13.8 Å². The van der Waals surface area contributed by atoms with E-state index in [4.69, 9.17) is 0 Å². The summed E-state index contributed by atoms with van der Waals surface area (Å²) in [4.78, 5) is 11.8. The third-order valence-electron chi connectivity index (χ3n) is 4.48. The molecule has 2 atom stereocenters. The van der Waals surface area contributed by atoms with Gasteiger partial charge in [-0.1, -0.05) is 25.0 Å². The van der Waals surface area contributed by atoms with E-state index in [-0.39, 0.29) is 0 Å². The van der Waals surface area contributed by atoms with E-state index in [1.165, 1.54) is 19.3 Å². The molecule has 1 saturated carbocycles. The third kappa shape index (κ3) is 1.77. The number of ketones is 1. The van der Waals surface area contributed by atoms with Gasteiger partial charge in [-0.15, -0.1) is 0 Å². The van der Waals surface area contributed by atoms with Crippen LogP contribution in [0.15, 0.2) is 11.1 Å². The molecule has 1 fully saturated rings. The number of allylic oxidation sites excluding steroid dienone is 2. The maximum atomic E-state index is 11.8. The molecule has 0 heterocycles. The molecule has 0 aromatic carbocycles. The molecule has 2 aliphatic carbocycles. The van der Waals surface area contributed by atoms with Gasteiger partial charge in [0.1, 0.15) is 5.78 Å². The van der Waals surface area contributed by atoms with Crippen LogP contribution in [-0.2, 0) is 4.79 Å². The first-order valence-electron chi connectivity index (χ1n) is 6.28. The summed E-state index contributed by atoms with van der Waals surface area (Å²) in [6.07, 6.45) is 6.78.